The number of amides is 1. The molecule has 0 aromatic carbocycles. The Labute approximate surface area is 177 Å². The van der Waals surface area contributed by atoms with E-state index in [1.165, 1.54) is 18.3 Å². The van der Waals surface area contributed by atoms with E-state index in [9.17, 15) is 18.4 Å². The molecule has 2 aromatic rings. The quantitative estimate of drug-likeness (QED) is 0.800. The van der Waals surface area contributed by atoms with Gasteiger partial charge in [0.25, 0.3) is 11.5 Å². The van der Waals surface area contributed by atoms with Gasteiger partial charge in [0.15, 0.2) is 0 Å². The monoisotopic (exact) mass is 433 g/mol. The Morgan fingerprint density at radius 2 is 1.90 bits per heavy atom. The van der Waals surface area contributed by atoms with Crippen molar-refractivity contribution in [2.75, 3.05) is 44.3 Å². The van der Waals surface area contributed by atoms with Crippen LogP contribution < -0.4 is 10.5 Å². The van der Waals surface area contributed by atoms with Crippen LogP contribution in [0.4, 0.5) is 14.7 Å². The van der Waals surface area contributed by atoms with E-state index >= 15 is 0 Å². The van der Waals surface area contributed by atoms with Crippen molar-refractivity contribution in [3.8, 4) is 0 Å². The van der Waals surface area contributed by atoms with Crippen LogP contribution in [0.3, 0.4) is 0 Å². The summed E-state index contributed by atoms with van der Waals surface area (Å²) in [4.78, 5) is 37.0. The van der Waals surface area contributed by atoms with Gasteiger partial charge < -0.3 is 14.5 Å². The standard InChI is InChI=1S/C21H25F2N5O3/c22-19(23)28-7-1-2-15(28)18(30)26-8-5-21(6-9-26)4-3-14-16(21)24-20(25-17(14)29)27-10-12-31-13-11-27/h1-2,7,19H,3-6,8-13H2,(H,24,25,29). The van der Waals surface area contributed by atoms with E-state index < -0.39 is 6.55 Å². The highest BCUT2D eigenvalue weighted by molar-refractivity contribution is 5.93. The summed E-state index contributed by atoms with van der Waals surface area (Å²) in [6, 6.07) is 2.89. The van der Waals surface area contributed by atoms with Crippen molar-refractivity contribution in [3.05, 3.63) is 45.6 Å². The molecular weight excluding hydrogens is 408 g/mol. The molecule has 31 heavy (non-hydrogen) atoms. The van der Waals surface area contributed by atoms with Crippen LogP contribution in [0.1, 0.15) is 47.6 Å². The number of carbonyl (C=O) groups excluding carboxylic acids is 1. The zero-order chi connectivity index (χ0) is 21.6. The maximum absolute atomic E-state index is 13.2. The Bertz CT molecular complexity index is 1040. The van der Waals surface area contributed by atoms with Gasteiger partial charge in [-0.3, -0.25) is 19.1 Å². The number of nitrogens with zero attached hydrogens (tertiary/aromatic N) is 4. The number of ether oxygens (including phenoxy) is 1. The Morgan fingerprint density at radius 1 is 1.16 bits per heavy atom. The minimum atomic E-state index is -2.75. The van der Waals surface area contributed by atoms with Crippen LogP contribution >= 0.6 is 0 Å². The van der Waals surface area contributed by atoms with E-state index in [-0.39, 0.29) is 22.6 Å². The lowest BCUT2D eigenvalue weighted by atomic mass is 9.76. The van der Waals surface area contributed by atoms with Crippen LogP contribution in [0, 0.1) is 0 Å². The van der Waals surface area contributed by atoms with Crippen molar-refractivity contribution in [3.63, 3.8) is 0 Å². The lowest BCUT2D eigenvalue weighted by Gasteiger charge is -2.39. The first-order valence-corrected chi connectivity index (χ1v) is 10.7. The Balaban J connectivity index is 1.37. The molecule has 2 aliphatic heterocycles. The molecule has 2 aromatic heterocycles. The highest BCUT2D eigenvalue weighted by atomic mass is 19.3. The topological polar surface area (TPSA) is 83.5 Å². The largest absolute Gasteiger partial charge is 0.378 e. The van der Waals surface area contributed by atoms with Gasteiger partial charge in [0.2, 0.25) is 5.95 Å². The second-order valence-electron chi connectivity index (χ2n) is 8.47. The number of aromatic amines is 1. The number of fused-ring (bicyclic) bond motifs is 2. The molecule has 166 valence electrons. The maximum atomic E-state index is 13.2. The van der Waals surface area contributed by atoms with E-state index in [1.807, 2.05) is 4.90 Å². The van der Waals surface area contributed by atoms with Crippen molar-refractivity contribution in [2.45, 2.75) is 37.6 Å². The minimum absolute atomic E-state index is 0.00180. The molecule has 1 aliphatic carbocycles. The smallest absolute Gasteiger partial charge is 0.319 e. The maximum Gasteiger partial charge on any atom is 0.319 e. The number of aromatic nitrogens is 3. The van der Waals surface area contributed by atoms with Crippen LogP contribution in [0.5, 0.6) is 0 Å². The predicted molar refractivity (Wildman–Crippen MR) is 109 cm³/mol. The van der Waals surface area contributed by atoms with Crippen molar-refractivity contribution in [2.24, 2.45) is 0 Å². The first-order chi connectivity index (χ1) is 15.0. The van der Waals surface area contributed by atoms with E-state index in [4.69, 9.17) is 9.72 Å². The Morgan fingerprint density at radius 3 is 2.61 bits per heavy atom. The van der Waals surface area contributed by atoms with Crippen molar-refractivity contribution in [1.29, 1.82) is 0 Å². The van der Waals surface area contributed by atoms with Gasteiger partial charge in [-0.1, -0.05) is 0 Å². The average molecular weight is 433 g/mol. The molecule has 0 saturated carbocycles. The molecule has 0 radical (unpaired) electrons. The normalized spacial score (nSPS) is 20.5. The number of nitrogens with one attached hydrogen (secondary N) is 1. The first kappa shape index (κ1) is 20.2. The number of halogens is 2. The number of morpholine rings is 1. The number of hydrogen-bond acceptors (Lipinski definition) is 5. The molecule has 2 fully saturated rings. The van der Waals surface area contributed by atoms with Crippen molar-refractivity contribution in [1.82, 2.24) is 19.4 Å². The van der Waals surface area contributed by atoms with Gasteiger partial charge in [0.05, 0.1) is 18.9 Å². The second-order valence-corrected chi connectivity index (χ2v) is 8.47. The molecule has 3 aliphatic rings. The summed E-state index contributed by atoms with van der Waals surface area (Å²) in [6.07, 6.45) is 4.05. The number of anilines is 1. The third-order valence-corrected chi connectivity index (χ3v) is 6.89. The lowest BCUT2D eigenvalue weighted by Crippen LogP contribution is -2.45. The highest BCUT2D eigenvalue weighted by Gasteiger charge is 2.45. The van der Waals surface area contributed by atoms with Crippen LogP contribution in [0.2, 0.25) is 0 Å². The average Bonchev–Trinajstić information content (AvgIpc) is 3.41. The van der Waals surface area contributed by atoms with Gasteiger partial charge >= 0.3 is 6.55 Å². The van der Waals surface area contributed by atoms with Crippen LogP contribution in [0.25, 0.3) is 0 Å². The number of piperidine rings is 1. The third-order valence-electron chi connectivity index (χ3n) is 6.89. The summed E-state index contributed by atoms with van der Waals surface area (Å²) in [5.74, 6) is 0.202. The number of rotatable bonds is 3. The third kappa shape index (κ3) is 3.42. The first-order valence-electron chi connectivity index (χ1n) is 10.7. The second kappa shape index (κ2) is 7.74. The fourth-order valence-corrected chi connectivity index (χ4v) is 5.10. The zero-order valence-corrected chi connectivity index (χ0v) is 17.1. The van der Waals surface area contributed by atoms with E-state index in [0.717, 1.165) is 17.7 Å². The summed E-state index contributed by atoms with van der Waals surface area (Å²) < 4.78 is 32.4. The number of H-pyrrole nitrogens is 1. The molecule has 0 unspecified atom stereocenters. The van der Waals surface area contributed by atoms with Crippen LogP contribution in [0.15, 0.2) is 23.1 Å². The molecule has 1 amide bonds. The van der Waals surface area contributed by atoms with Gasteiger partial charge in [0, 0.05) is 43.4 Å². The summed E-state index contributed by atoms with van der Waals surface area (Å²) in [5, 5.41) is 0. The fraction of sp³-hybridized carbons (Fsp3) is 0.571. The Hall–Kier alpha value is -2.75. The number of carbonyl (C=O) groups is 1. The zero-order valence-electron chi connectivity index (χ0n) is 17.1. The van der Waals surface area contributed by atoms with Gasteiger partial charge in [-0.05, 0) is 37.8 Å². The van der Waals surface area contributed by atoms with Crippen LogP contribution in [-0.4, -0.2) is 64.7 Å². The minimum Gasteiger partial charge on any atom is -0.378 e. The summed E-state index contributed by atoms with van der Waals surface area (Å²) in [7, 11) is 0. The molecule has 8 nitrogen and oxygen atoms in total. The van der Waals surface area contributed by atoms with Crippen LogP contribution in [-0.2, 0) is 16.6 Å². The van der Waals surface area contributed by atoms with Crippen molar-refractivity contribution < 1.29 is 18.3 Å². The van der Waals surface area contributed by atoms with Gasteiger partial charge in [-0.25, -0.2) is 4.98 Å². The summed E-state index contributed by atoms with van der Waals surface area (Å²) in [5.41, 5.74) is 1.26. The highest BCUT2D eigenvalue weighted by Crippen LogP contribution is 2.44. The van der Waals surface area contributed by atoms with E-state index in [1.54, 1.807) is 4.90 Å². The number of hydrogen-bond donors (Lipinski definition) is 1. The number of likely N-dealkylation sites (tertiary alicyclic amines) is 1. The molecule has 5 rings (SSSR count). The molecule has 0 bridgehead atoms. The van der Waals surface area contributed by atoms with E-state index in [2.05, 4.69) is 4.98 Å². The summed E-state index contributed by atoms with van der Waals surface area (Å²) in [6.45, 7) is 0.720. The predicted octanol–water partition coefficient (Wildman–Crippen LogP) is 1.92. The summed E-state index contributed by atoms with van der Waals surface area (Å²) >= 11 is 0. The molecular formula is C21H25F2N5O3. The molecule has 0 atom stereocenters. The molecule has 4 heterocycles. The SMILES string of the molecule is O=C(c1cccn1C(F)F)N1CCC2(CCc3c2nc(N2CCOCC2)[nH]c3=O)CC1. The molecule has 2 saturated heterocycles. The number of alkyl halides is 2. The van der Waals surface area contributed by atoms with Gasteiger partial charge in [-0.15, -0.1) is 0 Å². The fourth-order valence-electron chi connectivity index (χ4n) is 5.10. The molecule has 1 N–H and O–H groups in total. The Kier molecular flexibility index (Phi) is 5.04. The molecule has 1 spiro atoms. The van der Waals surface area contributed by atoms with Gasteiger partial charge in [-0.2, -0.15) is 8.78 Å². The van der Waals surface area contributed by atoms with E-state index in [0.29, 0.717) is 69.2 Å². The van der Waals surface area contributed by atoms with Gasteiger partial charge in [0.1, 0.15) is 5.69 Å². The lowest BCUT2D eigenvalue weighted by molar-refractivity contribution is 0.0518. The van der Waals surface area contributed by atoms with Crippen molar-refractivity contribution >= 4 is 11.9 Å². The molecule has 10 heteroatoms.